The van der Waals surface area contributed by atoms with Crippen molar-refractivity contribution in [1.82, 2.24) is 10.6 Å². The van der Waals surface area contributed by atoms with Crippen LogP contribution < -0.4 is 10.6 Å². The van der Waals surface area contributed by atoms with Crippen LogP contribution >= 0.6 is 0 Å². The fourth-order valence-electron chi connectivity index (χ4n) is 5.23. The molecule has 2 aliphatic carbocycles. The molecule has 2 saturated heterocycles. The molecule has 5 unspecified atom stereocenters. The maximum atomic E-state index is 4.01. The number of rotatable bonds is 0. The van der Waals surface area contributed by atoms with E-state index in [1.807, 2.05) is 0 Å². The van der Waals surface area contributed by atoms with E-state index in [1.165, 1.54) is 51.6 Å². The Balaban J connectivity index is 1.59. The highest BCUT2D eigenvalue weighted by Gasteiger charge is 2.50. The second-order valence-corrected chi connectivity index (χ2v) is 6.67. The first-order valence-corrected chi connectivity index (χ1v) is 7.38. The zero-order valence-electron chi connectivity index (χ0n) is 10.1. The van der Waals surface area contributed by atoms with Crippen LogP contribution in [0.2, 0.25) is 0 Å². The fourth-order valence-corrected chi connectivity index (χ4v) is 5.23. The summed E-state index contributed by atoms with van der Waals surface area (Å²) < 4.78 is 0. The summed E-state index contributed by atoms with van der Waals surface area (Å²) in [4.78, 5) is 0. The third-order valence-corrected chi connectivity index (χ3v) is 5.83. The molecule has 6 atom stereocenters. The maximum Gasteiger partial charge on any atom is 0.0142 e. The summed E-state index contributed by atoms with van der Waals surface area (Å²) in [5.41, 5.74) is 0. The molecule has 0 spiro atoms. The lowest BCUT2D eigenvalue weighted by atomic mass is 9.65. The molecule has 90 valence electrons. The van der Waals surface area contributed by atoms with E-state index in [0.29, 0.717) is 0 Å². The van der Waals surface area contributed by atoms with E-state index in [-0.39, 0.29) is 0 Å². The summed E-state index contributed by atoms with van der Waals surface area (Å²) in [6, 6.07) is 1.76. The van der Waals surface area contributed by atoms with Crippen LogP contribution in [0.25, 0.3) is 0 Å². The number of piperidine rings is 1. The Morgan fingerprint density at radius 3 is 2.81 bits per heavy atom. The van der Waals surface area contributed by atoms with Gasteiger partial charge in [0.2, 0.25) is 0 Å². The molecule has 0 aromatic rings. The minimum atomic E-state index is 0.872. The van der Waals surface area contributed by atoms with Crippen LogP contribution in [0.3, 0.4) is 0 Å². The molecule has 0 aromatic heterocycles. The van der Waals surface area contributed by atoms with Gasteiger partial charge in [-0.25, -0.2) is 0 Å². The van der Waals surface area contributed by atoms with Crippen LogP contribution in [0.4, 0.5) is 0 Å². The summed E-state index contributed by atoms with van der Waals surface area (Å²) in [6.07, 6.45) is 8.97. The highest BCUT2D eigenvalue weighted by Crippen LogP contribution is 2.48. The first kappa shape index (κ1) is 9.90. The van der Waals surface area contributed by atoms with Crippen molar-refractivity contribution in [1.29, 1.82) is 0 Å². The second-order valence-electron chi connectivity index (χ2n) is 6.67. The Kier molecular flexibility index (Phi) is 2.29. The van der Waals surface area contributed by atoms with E-state index in [4.69, 9.17) is 0 Å². The first-order valence-electron chi connectivity index (χ1n) is 7.38. The Labute approximate surface area is 98.6 Å². The van der Waals surface area contributed by atoms with Gasteiger partial charge in [0, 0.05) is 12.1 Å². The fraction of sp³-hybridized carbons (Fsp3) is 1.00. The second kappa shape index (κ2) is 3.71. The third-order valence-electron chi connectivity index (χ3n) is 5.83. The summed E-state index contributed by atoms with van der Waals surface area (Å²) >= 11 is 0. The Morgan fingerprint density at radius 1 is 0.875 bits per heavy atom. The smallest absolute Gasteiger partial charge is 0.0142 e. The Bertz CT molecular complexity index is 278. The Morgan fingerprint density at radius 2 is 1.81 bits per heavy atom. The normalized spacial score (nSPS) is 55.5. The molecule has 4 fully saturated rings. The van der Waals surface area contributed by atoms with Gasteiger partial charge in [0.1, 0.15) is 0 Å². The summed E-state index contributed by atoms with van der Waals surface area (Å²) in [5, 5.41) is 7.65. The lowest BCUT2D eigenvalue weighted by molar-refractivity contribution is 0.107. The molecule has 0 amide bonds. The lowest BCUT2D eigenvalue weighted by Crippen LogP contribution is -2.51. The molecule has 2 saturated carbocycles. The van der Waals surface area contributed by atoms with Crippen LogP contribution in [0.1, 0.15) is 38.5 Å². The first-order chi connectivity index (χ1) is 7.92. The topological polar surface area (TPSA) is 24.1 Å². The lowest BCUT2D eigenvalue weighted by Gasteiger charge is -2.44. The van der Waals surface area contributed by atoms with Gasteiger partial charge in [-0.05, 0) is 62.4 Å². The van der Waals surface area contributed by atoms with Gasteiger partial charge in [0.05, 0.1) is 0 Å². The van der Waals surface area contributed by atoms with Crippen molar-refractivity contribution in [3.05, 3.63) is 0 Å². The molecule has 2 aliphatic heterocycles. The summed E-state index contributed by atoms with van der Waals surface area (Å²) in [7, 11) is 0. The van der Waals surface area contributed by atoms with Crippen LogP contribution in [0, 0.1) is 23.7 Å². The highest BCUT2D eigenvalue weighted by atomic mass is 15.1. The van der Waals surface area contributed by atoms with E-state index in [0.717, 1.165) is 35.8 Å². The predicted octanol–water partition coefficient (Wildman–Crippen LogP) is 1.76. The molecule has 2 nitrogen and oxygen atoms in total. The van der Waals surface area contributed by atoms with Crippen LogP contribution in [0.15, 0.2) is 0 Å². The number of fused-ring (bicyclic) bond motifs is 6. The molecule has 2 heterocycles. The minimum Gasteiger partial charge on any atom is -0.316 e. The van der Waals surface area contributed by atoms with Gasteiger partial charge in [-0.3, -0.25) is 0 Å². The van der Waals surface area contributed by atoms with E-state index >= 15 is 0 Å². The number of hydrogen-bond donors (Lipinski definition) is 2. The Hall–Kier alpha value is -0.0800. The van der Waals surface area contributed by atoms with E-state index in [2.05, 4.69) is 10.6 Å². The molecule has 0 radical (unpaired) electrons. The van der Waals surface area contributed by atoms with Crippen molar-refractivity contribution in [3.8, 4) is 0 Å². The van der Waals surface area contributed by atoms with Gasteiger partial charge in [-0.2, -0.15) is 0 Å². The third kappa shape index (κ3) is 1.39. The standard InChI is InChI=1S/C14H24N2/c1-2-4-13-11(3-1)12-6-9-5-10(8-15-7-9)14(12)16-13/h9-16H,1-8H2/t9?,10-,11?,12?,13?,14?/m0/s1. The van der Waals surface area contributed by atoms with Crippen LogP contribution in [-0.4, -0.2) is 25.2 Å². The van der Waals surface area contributed by atoms with Crippen molar-refractivity contribution in [2.75, 3.05) is 13.1 Å². The average Bonchev–Trinajstić information content (AvgIpc) is 2.69. The van der Waals surface area contributed by atoms with E-state index in [9.17, 15) is 0 Å². The molecule has 0 aromatic carbocycles. The van der Waals surface area contributed by atoms with Gasteiger partial charge in [0.25, 0.3) is 0 Å². The van der Waals surface area contributed by atoms with Crippen molar-refractivity contribution >= 4 is 0 Å². The highest BCUT2D eigenvalue weighted by molar-refractivity contribution is 5.06. The van der Waals surface area contributed by atoms with Crippen molar-refractivity contribution in [3.63, 3.8) is 0 Å². The maximum absolute atomic E-state index is 4.01. The molecule has 2 N–H and O–H groups in total. The van der Waals surface area contributed by atoms with Gasteiger partial charge in [-0.15, -0.1) is 0 Å². The molecule has 2 bridgehead atoms. The SMILES string of the molecule is C1CCC2C(C1)NC1C2CC2CNC[C@@H]1C2. The zero-order chi connectivity index (χ0) is 10.5. The molecule has 2 heteroatoms. The van der Waals surface area contributed by atoms with Gasteiger partial charge < -0.3 is 10.6 Å². The molecule has 16 heavy (non-hydrogen) atoms. The van der Waals surface area contributed by atoms with Gasteiger partial charge in [0.15, 0.2) is 0 Å². The summed E-state index contributed by atoms with van der Waals surface area (Å²) in [6.45, 7) is 2.58. The number of hydrogen-bond acceptors (Lipinski definition) is 2. The molecule has 4 rings (SSSR count). The van der Waals surface area contributed by atoms with Crippen LogP contribution in [-0.2, 0) is 0 Å². The molecule has 4 aliphatic rings. The van der Waals surface area contributed by atoms with Crippen molar-refractivity contribution in [2.24, 2.45) is 23.7 Å². The monoisotopic (exact) mass is 220 g/mol. The zero-order valence-corrected chi connectivity index (χ0v) is 10.1. The van der Waals surface area contributed by atoms with E-state index in [1.54, 1.807) is 0 Å². The van der Waals surface area contributed by atoms with Gasteiger partial charge in [-0.1, -0.05) is 12.8 Å². The molecular weight excluding hydrogens is 196 g/mol. The number of nitrogens with one attached hydrogen (secondary N) is 2. The van der Waals surface area contributed by atoms with Crippen molar-refractivity contribution in [2.45, 2.75) is 50.6 Å². The largest absolute Gasteiger partial charge is 0.316 e. The average molecular weight is 220 g/mol. The van der Waals surface area contributed by atoms with E-state index < -0.39 is 0 Å². The quantitative estimate of drug-likeness (QED) is 0.650. The molecular formula is C14H24N2. The minimum absolute atomic E-state index is 0.872. The predicted molar refractivity (Wildman–Crippen MR) is 65.2 cm³/mol. The van der Waals surface area contributed by atoms with Gasteiger partial charge >= 0.3 is 0 Å². The van der Waals surface area contributed by atoms with Crippen LogP contribution in [0.5, 0.6) is 0 Å². The van der Waals surface area contributed by atoms with Crippen molar-refractivity contribution < 1.29 is 0 Å². The summed E-state index contributed by atoms with van der Waals surface area (Å²) in [5.74, 6) is 4.03.